The normalized spacial score (nSPS) is 17.0. The van der Waals surface area contributed by atoms with E-state index in [1.165, 1.54) is 20.9 Å². The van der Waals surface area contributed by atoms with E-state index in [9.17, 15) is 5.21 Å². The minimum absolute atomic E-state index is 0.231. The molecule has 0 fully saturated rings. The number of benzene rings is 2. The Balaban J connectivity index is 1.92. The third kappa shape index (κ3) is 3.49. The standard InChI is InChI=1S/C18H20ClNOS/c1-20(2,21)11-5-7-14-15-6-3-4-8-17(15)22-18-10-9-13(19)12-16(14)18/h3-4,6,8-10,12,14H,5,7,11H2,1-2H3. The summed E-state index contributed by atoms with van der Waals surface area (Å²) < 4.78 is -0.231. The summed E-state index contributed by atoms with van der Waals surface area (Å²) in [6.07, 6.45) is 1.89. The van der Waals surface area contributed by atoms with Gasteiger partial charge in [0.1, 0.15) is 0 Å². The lowest BCUT2D eigenvalue weighted by atomic mass is 9.87. The van der Waals surface area contributed by atoms with Gasteiger partial charge in [-0.3, -0.25) is 0 Å². The summed E-state index contributed by atoms with van der Waals surface area (Å²) in [5.74, 6) is 0.331. The maximum atomic E-state index is 11.8. The number of hydroxylamine groups is 3. The number of quaternary nitrogens is 1. The monoisotopic (exact) mass is 333 g/mol. The van der Waals surface area contributed by atoms with Gasteiger partial charge in [0.25, 0.3) is 0 Å². The summed E-state index contributed by atoms with van der Waals surface area (Å²) in [4.78, 5) is 2.60. The Kier molecular flexibility index (Phi) is 4.51. The maximum absolute atomic E-state index is 11.8. The third-order valence-electron chi connectivity index (χ3n) is 4.05. The van der Waals surface area contributed by atoms with Crippen molar-refractivity contribution in [3.05, 3.63) is 63.8 Å². The van der Waals surface area contributed by atoms with Crippen molar-refractivity contribution >= 4 is 23.4 Å². The van der Waals surface area contributed by atoms with Crippen LogP contribution < -0.4 is 0 Å². The Morgan fingerprint density at radius 2 is 1.82 bits per heavy atom. The second-order valence-electron chi connectivity index (χ2n) is 6.31. The van der Waals surface area contributed by atoms with E-state index in [0.29, 0.717) is 12.5 Å². The molecule has 0 saturated heterocycles. The van der Waals surface area contributed by atoms with Gasteiger partial charge in [-0.1, -0.05) is 41.6 Å². The summed E-state index contributed by atoms with van der Waals surface area (Å²) in [6.45, 7) is 0.641. The molecule has 0 saturated carbocycles. The molecule has 1 heterocycles. The highest BCUT2D eigenvalue weighted by Gasteiger charge is 2.26. The van der Waals surface area contributed by atoms with Gasteiger partial charge in [0.05, 0.1) is 20.6 Å². The van der Waals surface area contributed by atoms with E-state index < -0.39 is 0 Å². The second kappa shape index (κ2) is 6.25. The van der Waals surface area contributed by atoms with Crippen LogP contribution in [-0.4, -0.2) is 25.3 Å². The van der Waals surface area contributed by atoms with E-state index in [0.717, 1.165) is 17.9 Å². The smallest absolute Gasteiger partial charge is 0.0780 e. The molecule has 3 rings (SSSR count). The molecular formula is C18H20ClNOS. The fourth-order valence-corrected chi connectivity index (χ4v) is 4.37. The summed E-state index contributed by atoms with van der Waals surface area (Å²) in [5.41, 5.74) is 2.66. The van der Waals surface area contributed by atoms with Gasteiger partial charge >= 0.3 is 0 Å². The van der Waals surface area contributed by atoms with Gasteiger partial charge in [0, 0.05) is 20.7 Å². The van der Waals surface area contributed by atoms with Gasteiger partial charge in [-0.05, 0) is 48.2 Å². The molecule has 1 atom stereocenters. The first-order valence-corrected chi connectivity index (χ1v) is 8.74. The van der Waals surface area contributed by atoms with Crippen molar-refractivity contribution < 1.29 is 4.65 Å². The van der Waals surface area contributed by atoms with Gasteiger partial charge in [-0.15, -0.1) is 0 Å². The first kappa shape index (κ1) is 15.9. The van der Waals surface area contributed by atoms with Crippen LogP contribution in [0.15, 0.2) is 52.3 Å². The van der Waals surface area contributed by atoms with Crippen molar-refractivity contribution in [2.24, 2.45) is 0 Å². The molecule has 0 aromatic heterocycles. The molecular weight excluding hydrogens is 314 g/mol. The van der Waals surface area contributed by atoms with Crippen LogP contribution in [0.4, 0.5) is 0 Å². The van der Waals surface area contributed by atoms with Crippen molar-refractivity contribution in [1.82, 2.24) is 0 Å². The fraction of sp³-hybridized carbons (Fsp3) is 0.333. The number of hydrogen-bond acceptors (Lipinski definition) is 2. The lowest BCUT2D eigenvalue weighted by Crippen LogP contribution is -2.33. The maximum Gasteiger partial charge on any atom is 0.0780 e. The van der Waals surface area contributed by atoms with Crippen LogP contribution in [0.2, 0.25) is 5.02 Å². The number of nitrogens with zero attached hydrogens (tertiary/aromatic N) is 1. The van der Waals surface area contributed by atoms with E-state index in [1.54, 1.807) is 14.1 Å². The molecule has 0 aliphatic carbocycles. The lowest BCUT2D eigenvalue weighted by molar-refractivity contribution is -0.840. The van der Waals surface area contributed by atoms with Crippen LogP contribution >= 0.6 is 23.4 Å². The Morgan fingerprint density at radius 1 is 1.09 bits per heavy atom. The fourth-order valence-electron chi connectivity index (χ4n) is 3.02. The quantitative estimate of drug-likeness (QED) is 0.560. The highest BCUT2D eigenvalue weighted by Crippen LogP contribution is 2.48. The number of fused-ring (bicyclic) bond motifs is 2. The van der Waals surface area contributed by atoms with E-state index in [-0.39, 0.29) is 4.65 Å². The Labute approximate surface area is 141 Å². The van der Waals surface area contributed by atoms with Gasteiger partial charge < -0.3 is 9.85 Å². The van der Waals surface area contributed by atoms with Crippen molar-refractivity contribution in [2.45, 2.75) is 28.6 Å². The third-order valence-corrected chi connectivity index (χ3v) is 5.47. The minimum Gasteiger partial charge on any atom is -0.633 e. The largest absolute Gasteiger partial charge is 0.633 e. The van der Waals surface area contributed by atoms with E-state index in [2.05, 4.69) is 36.4 Å². The second-order valence-corrected chi connectivity index (χ2v) is 7.83. The number of hydrogen-bond donors (Lipinski definition) is 0. The summed E-state index contributed by atoms with van der Waals surface area (Å²) in [6, 6.07) is 14.7. The molecule has 4 heteroatoms. The van der Waals surface area contributed by atoms with Crippen molar-refractivity contribution in [3.63, 3.8) is 0 Å². The molecule has 0 bridgehead atoms. The summed E-state index contributed by atoms with van der Waals surface area (Å²) in [7, 11) is 3.41. The SMILES string of the molecule is C[N+](C)([O-])CCCC1c2ccccc2Sc2ccc(Cl)cc21. The molecule has 0 spiro atoms. The zero-order valence-electron chi connectivity index (χ0n) is 12.9. The molecule has 22 heavy (non-hydrogen) atoms. The van der Waals surface area contributed by atoms with Crippen LogP contribution in [0.1, 0.15) is 29.9 Å². The molecule has 0 radical (unpaired) electrons. The molecule has 1 aliphatic heterocycles. The molecule has 116 valence electrons. The van der Waals surface area contributed by atoms with Crippen molar-refractivity contribution in [3.8, 4) is 0 Å². The lowest BCUT2D eigenvalue weighted by Gasteiger charge is -2.35. The summed E-state index contributed by atoms with van der Waals surface area (Å²) >= 11 is 8.02. The highest BCUT2D eigenvalue weighted by atomic mass is 35.5. The first-order valence-electron chi connectivity index (χ1n) is 7.54. The highest BCUT2D eigenvalue weighted by molar-refractivity contribution is 7.99. The van der Waals surface area contributed by atoms with Crippen LogP contribution in [-0.2, 0) is 0 Å². The average molecular weight is 334 g/mol. The molecule has 2 aromatic carbocycles. The van der Waals surface area contributed by atoms with E-state index >= 15 is 0 Å². The molecule has 1 aliphatic rings. The Hall–Kier alpha value is -1.00. The van der Waals surface area contributed by atoms with Crippen molar-refractivity contribution in [2.75, 3.05) is 20.6 Å². The molecule has 1 unspecified atom stereocenters. The zero-order valence-corrected chi connectivity index (χ0v) is 14.5. The van der Waals surface area contributed by atoms with Gasteiger partial charge in [0.2, 0.25) is 0 Å². The molecule has 2 aromatic rings. The predicted octanol–water partition coefficient (Wildman–Crippen LogP) is 5.29. The van der Waals surface area contributed by atoms with E-state index in [1.807, 2.05) is 17.8 Å². The molecule has 2 nitrogen and oxygen atoms in total. The Bertz CT molecular complexity index is 681. The first-order chi connectivity index (χ1) is 10.4. The predicted molar refractivity (Wildman–Crippen MR) is 93.4 cm³/mol. The summed E-state index contributed by atoms with van der Waals surface area (Å²) in [5, 5.41) is 12.6. The Morgan fingerprint density at radius 3 is 2.59 bits per heavy atom. The van der Waals surface area contributed by atoms with Gasteiger partial charge in [0.15, 0.2) is 0 Å². The van der Waals surface area contributed by atoms with Crippen LogP contribution in [0.5, 0.6) is 0 Å². The van der Waals surface area contributed by atoms with Crippen LogP contribution in [0.3, 0.4) is 0 Å². The minimum atomic E-state index is -0.231. The van der Waals surface area contributed by atoms with Crippen LogP contribution in [0.25, 0.3) is 0 Å². The van der Waals surface area contributed by atoms with Gasteiger partial charge in [-0.2, -0.15) is 0 Å². The average Bonchev–Trinajstić information content (AvgIpc) is 2.46. The molecule has 0 amide bonds. The number of halogens is 1. The number of rotatable bonds is 4. The van der Waals surface area contributed by atoms with E-state index in [4.69, 9.17) is 11.6 Å². The van der Waals surface area contributed by atoms with Gasteiger partial charge in [-0.25, -0.2) is 0 Å². The molecule has 0 N–H and O–H groups in total. The topological polar surface area (TPSA) is 23.1 Å². The van der Waals surface area contributed by atoms with Crippen molar-refractivity contribution in [1.29, 1.82) is 0 Å². The zero-order chi connectivity index (χ0) is 15.7. The van der Waals surface area contributed by atoms with Crippen LogP contribution in [0, 0.1) is 5.21 Å².